The predicted molar refractivity (Wildman–Crippen MR) is 117 cm³/mol. The largest absolute Gasteiger partial charge is 0.478 e. The molecule has 182 valence electrons. The third-order valence-corrected chi connectivity index (χ3v) is 4.59. The molecule has 12 heteroatoms. The lowest BCUT2D eigenvalue weighted by Gasteiger charge is -2.11. The predicted octanol–water partition coefficient (Wildman–Crippen LogP) is 2.92. The minimum absolute atomic E-state index is 0.354. The monoisotopic (exact) mass is 494 g/mol. The Morgan fingerprint density at radius 3 is 1.00 bits per heavy atom. The number of ether oxygens (including phenoxy) is 2. The molecule has 3 aromatic rings. The van der Waals surface area contributed by atoms with Crippen molar-refractivity contribution in [1.82, 2.24) is 0 Å². The minimum Gasteiger partial charge on any atom is -0.478 e. The van der Waals surface area contributed by atoms with E-state index in [4.69, 9.17) is 29.9 Å². The molecule has 0 heterocycles. The average molecular weight is 494 g/mol. The van der Waals surface area contributed by atoms with Crippen molar-refractivity contribution in [3.63, 3.8) is 0 Å². The van der Waals surface area contributed by atoms with Gasteiger partial charge in [0.05, 0.1) is 33.4 Å². The van der Waals surface area contributed by atoms with Gasteiger partial charge < -0.3 is 29.9 Å². The number of rotatable bonds is 8. The second-order valence-electron chi connectivity index (χ2n) is 7.04. The van der Waals surface area contributed by atoms with E-state index in [0.717, 1.165) is 36.4 Å². The summed E-state index contributed by atoms with van der Waals surface area (Å²) in [5, 5.41) is 36.7. The van der Waals surface area contributed by atoms with Gasteiger partial charge in [-0.05, 0) is 48.5 Å². The lowest BCUT2D eigenvalue weighted by Crippen LogP contribution is -2.18. The van der Waals surface area contributed by atoms with Crippen LogP contribution in [0.5, 0.6) is 11.5 Å². The van der Waals surface area contributed by atoms with Gasteiger partial charge in [0.2, 0.25) is 0 Å². The van der Waals surface area contributed by atoms with Crippen molar-refractivity contribution < 1.29 is 58.7 Å². The molecule has 0 aromatic heterocycles. The van der Waals surface area contributed by atoms with E-state index in [-0.39, 0.29) is 11.1 Å². The van der Waals surface area contributed by atoms with E-state index >= 15 is 0 Å². The van der Waals surface area contributed by atoms with Gasteiger partial charge in [0.25, 0.3) is 0 Å². The van der Waals surface area contributed by atoms with E-state index in [1.54, 1.807) is 0 Å². The maximum absolute atomic E-state index is 12.8. The number of carbonyl (C=O) groups excluding carboxylic acids is 2. The van der Waals surface area contributed by atoms with Crippen LogP contribution in [0.3, 0.4) is 0 Å². The summed E-state index contributed by atoms with van der Waals surface area (Å²) in [6, 6.07) is 10.5. The smallest absolute Gasteiger partial charge is 0.344 e. The molecule has 0 aliphatic carbocycles. The van der Waals surface area contributed by atoms with E-state index in [0.29, 0.717) is 0 Å². The molecule has 0 radical (unpaired) electrons. The first-order valence-corrected chi connectivity index (χ1v) is 9.73. The summed E-state index contributed by atoms with van der Waals surface area (Å²) in [4.78, 5) is 70.6. The maximum atomic E-state index is 12.8. The molecule has 0 saturated heterocycles. The molecule has 3 aromatic carbocycles. The van der Waals surface area contributed by atoms with Crippen LogP contribution in [0.4, 0.5) is 0 Å². The highest BCUT2D eigenvalue weighted by Gasteiger charge is 2.22. The lowest BCUT2D eigenvalue weighted by atomic mass is 10.1. The molecule has 0 aliphatic rings. The van der Waals surface area contributed by atoms with Crippen LogP contribution in [0.15, 0.2) is 60.7 Å². The first-order chi connectivity index (χ1) is 17.0. The number of hydrogen-bond acceptors (Lipinski definition) is 8. The Bertz CT molecular complexity index is 1260. The van der Waals surface area contributed by atoms with E-state index in [9.17, 15) is 28.8 Å². The molecule has 0 spiro atoms. The SMILES string of the molecule is O=C(O)c1cc(OC(=O)c2ccccc2C(=O)Oc2cc(C(=O)O)cc(C(=O)O)c2)cc(C(=O)O)c1. The first-order valence-electron chi connectivity index (χ1n) is 9.73. The fourth-order valence-electron chi connectivity index (χ4n) is 2.97. The van der Waals surface area contributed by atoms with Gasteiger partial charge in [0, 0.05) is 0 Å². The zero-order chi connectivity index (χ0) is 26.6. The zero-order valence-electron chi connectivity index (χ0n) is 17.8. The van der Waals surface area contributed by atoms with Crippen molar-refractivity contribution in [2.75, 3.05) is 0 Å². The second kappa shape index (κ2) is 10.2. The van der Waals surface area contributed by atoms with Gasteiger partial charge in [-0.3, -0.25) is 0 Å². The Labute approximate surface area is 200 Å². The molecule has 4 N–H and O–H groups in total. The Hall–Kier alpha value is -5.52. The summed E-state index contributed by atoms with van der Waals surface area (Å²) in [5.74, 6) is -9.03. The fourth-order valence-corrected chi connectivity index (χ4v) is 2.97. The molecule has 0 fully saturated rings. The molecule has 3 rings (SSSR count). The second-order valence-corrected chi connectivity index (χ2v) is 7.04. The highest BCUT2D eigenvalue weighted by atomic mass is 16.5. The van der Waals surface area contributed by atoms with Gasteiger partial charge in [0.15, 0.2) is 0 Å². The van der Waals surface area contributed by atoms with Crippen LogP contribution in [-0.4, -0.2) is 56.2 Å². The van der Waals surface area contributed by atoms with Crippen LogP contribution in [0.2, 0.25) is 0 Å². The topological polar surface area (TPSA) is 202 Å². The highest BCUT2D eigenvalue weighted by molar-refractivity contribution is 6.05. The van der Waals surface area contributed by atoms with E-state index in [1.807, 2.05) is 0 Å². The van der Waals surface area contributed by atoms with Crippen LogP contribution in [0.25, 0.3) is 0 Å². The van der Waals surface area contributed by atoms with Gasteiger partial charge in [-0.2, -0.15) is 0 Å². The number of aromatic carboxylic acids is 4. The zero-order valence-corrected chi connectivity index (χ0v) is 17.8. The van der Waals surface area contributed by atoms with Crippen molar-refractivity contribution >= 4 is 35.8 Å². The molecule has 0 amide bonds. The van der Waals surface area contributed by atoms with Crippen LogP contribution in [-0.2, 0) is 0 Å². The summed E-state index contributed by atoms with van der Waals surface area (Å²) in [6.07, 6.45) is 0. The number of hydrogen-bond donors (Lipinski definition) is 4. The molecular weight excluding hydrogens is 480 g/mol. The molecule has 0 saturated carbocycles. The van der Waals surface area contributed by atoms with Crippen molar-refractivity contribution in [2.45, 2.75) is 0 Å². The fraction of sp³-hybridized carbons (Fsp3) is 0. The number of carbonyl (C=O) groups is 6. The molecular formula is C24H14O12. The molecule has 0 bridgehead atoms. The summed E-state index contributed by atoms with van der Waals surface area (Å²) in [7, 11) is 0. The normalized spacial score (nSPS) is 10.2. The van der Waals surface area contributed by atoms with Crippen LogP contribution < -0.4 is 9.47 Å². The van der Waals surface area contributed by atoms with E-state index < -0.39 is 69.6 Å². The lowest BCUT2D eigenvalue weighted by molar-refractivity contribution is 0.0667. The maximum Gasteiger partial charge on any atom is 0.344 e. The third-order valence-electron chi connectivity index (χ3n) is 4.59. The van der Waals surface area contributed by atoms with Crippen LogP contribution in [0.1, 0.15) is 62.1 Å². The Kier molecular flexibility index (Phi) is 7.10. The van der Waals surface area contributed by atoms with Crippen LogP contribution >= 0.6 is 0 Å². The third kappa shape index (κ3) is 5.69. The van der Waals surface area contributed by atoms with Crippen molar-refractivity contribution in [1.29, 1.82) is 0 Å². The van der Waals surface area contributed by atoms with Gasteiger partial charge in [-0.15, -0.1) is 0 Å². The highest BCUT2D eigenvalue weighted by Crippen LogP contribution is 2.23. The Morgan fingerprint density at radius 2 is 0.750 bits per heavy atom. The summed E-state index contributed by atoms with van der Waals surface area (Å²) < 4.78 is 10.2. The van der Waals surface area contributed by atoms with Crippen molar-refractivity contribution in [2.24, 2.45) is 0 Å². The molecule has 0 unspecified atom stereocenters. The average Bonchev–Trinajstić information content (AvgIpc) is 2.83. The number of esters is 2. The number of carboxylic acids is 4. The Balaban J connectivity index is 1.93. The summed E-state index contributed by atoms with van der Waals surface area (Å²) in [5.41, 5.74) is -2.55. The quantitative estimate of drug-likeness (QED) is 0.264. The molecule has 12 nitrogen and oxygen atoms in total. The van der Waals surface area contributed by atoms with Crippen molar-refractivity contribution in [3.8, 4) is 11.5 Å². The molecule has 0 atom stereocenters. The van der Waals surface area contributed by atoms with Crippen LogP contribution in [0, 0.1) is 0 Å². The van der Waals surface area contributed by atoms with Gasteiger partial charge >= 0.3 is 35.8 Å². The van der Waals surface area contributed by atoms with E-state index in [1.165, 1.54) is 24.3 Å². The molecule has 36 heavy (non-hydrogen) atoms. The van der Waals surface area contributed by atoms with Crippen molar-refractivity contribution in [3.05, 3.63) is 94.0 Å². The summed E-state index contributed by atoms with van der Waals surface area (Å²) >= 11 is 0. The van der Waals surface area contributed by atoms with Gasteiger partial charge in [0.1, 0.15) is 11.5 Å². The summed E-state index contributed by atoms with van der Waals surface area (Å²) in [6.45, 7) is 0. The van der Waals surface area contributed by atoms with Gasteiger partial charge in [-0.1, -0.05) is 12.1 Å². The standard InChI is InChI=1S/C24H14O12/c25-19(26)11-5-12(20(27)28)8-15(7-11)35-23(33)17-3-1-2-4-18(17)24(34)36-16-9-13(21(29)30)6-14(10-16)22(31)32/h1-10H,(H,25,26)(H,27,28)(H,29,30)(H,31,32). The Morgan fingerprint density at radius 1 is 0.472 bits per heavy atom. The van der Waals surface area contributed by atoms with Gasteiger partial charge in [-0.25, -0.2) is 28.8 Å². The number of carboxylic acid groups (broad SMARTS) is 4. The number of benzene rings is 3. The first kappa shape index (κ1) is 25.1. The minimum atomic E-state index is -1.47. The molecule has 0 aliphatic heterocycles. The van der Waals surface area contributed by atoms with E-state index in [2.05, 4.69) is 0 Å².